The lowest BCUT2D eigenvalue weighted by Crippen LogP contribution is -2.37. The van der Waals surface area contributed by atoms with Crippen LogP contribution in [0, 0.1) is 6.92 Å². The first-order valence-corrected chi connectivity index (χ1v) is 4.42. The lowest BCUT2D eigenvalue weighted by molar-refractivity contribution is 0.0953. The van der Waals surface area contributed by atoms with Gasteiger partial charge < -0.3 is 16.4 Å². The first kappa shape index (κ1) is 11.0. The molecule has 0 aliphatic carbocycles. The highest BCUT2D eigenvalue weighted by Crippen LogP contribution is 2.00. The number of aromatic amines is 1. The Bertz CT molecular complexity index is 360. The molecule has 0 aliphatic heterocycles. The average molecular weight is 211 g/mol. The van der Waals surface area contributed by atoms with Gasteiger partial charge in [-0.2, -0.15) is 5.10 Å². The fraction of sp³-hybridized carbons (Fsp3) is 0.375. The van der Waals surface area contributed by atoms with Crippen molar-refractivity contribution in [3.8, 4) is 0 Å². The molecule has 1 aromatic rings. The Kier molecular flexibility index (Phi) is 3.67. The van der Waals surface area contributed by atoms with E-state index in [1.807, 2.05) is 0 Å². The molecule has 82 valence electrons. The van der Waals surface area contributed by atoms with Gasteiger partial charge in [-0.05, 0) is 6.92 Å². The molecule has 1 heterocycles. The third-order valence-corrected chi connectivity index (χ3v) is 1.78. The van der Waals surface area contributed by atoms with Crippen LogP contribution in [-0.2, 0) is 0 Å². The number of H-pyrrole nitrogens is 1. The van der Waals surface area contributed by atoms with Crippen LogP contribution in [0.15, 0.2) is 6.20 Å². The van der Waals surface area contributed by atoms with Gasteiger partial charge in [0.25, 0.3) is 5.91 Å². The predicted molar refractivity (Wildman–Crippen MR) is 53.2 cm³/mol. The molecule has 0 fully saturated rings. The second-order valence-electron chi connectivity index (χ2n) is 2.96. The highest BCUT2D eigenvalue weighted by molar-refractivity contribution is 5.94. The molecule has 0 atom stereocenters. The first-order valence-electron chi connectivity index (χ1n) is 4.42. The number of urea groups is 1. The Morgan fingerprint density at radius 3 is 2.67 bits per heavy atom. The van der Waals surface area contributed by atoms with Crippen LogP contribution >= 0.6 is 0 Å². The molecule has 15 heavy (non-hydrogen) atoms. The molecule has 7 nitrogen and oxygen atoms in total. The highest BCUT2D eigenvalue weighted by Gasteiger charge is 2.09. The minimum absolute atomic E-state index is 0.229. The topological polar surface area (TPSA) is 113 Å². The van der Waals surface area contributed by atoms with Crippen molar-refractivity contribution in [3.63, 3.8) is 0 Å². The van der Waals surface area contributed by atoms with Gasteiger partial charge in [0.2, 0.25) is 0 Å². The van der Waals surface area contributed by atoms with Gasteiger partial charge in [0.1, 0.15) is 0 Å². The number of aromatic nitrogens is 2. The van der Waals surface area contributed by atoms with Gasteiger partial charge in [-0.1, -0.05) is 0 Å². The summed E-state index contributed by atoms with van der Waals surface area (Å²) in [6, 6.07) is -0.608. The van der Waals surface area contributed by atoms with Crippen molar-refractivity contribution in [2.45, 2.75) is 6.92 Å². The molecule has 0 saturated heterocycles. The molecule has 0 unspecified atom stereocenters. The van der Waals surface area contributed by atoms with Crippen LogP contribution in [0.3, 0.4) is 0 Å². The number of nitrogens with one attached hydrogen (secondary N) is 3. The molecular weight excluding hydrogens is 198 g/mol. The van der Waals surface area contributed by atoms with Crippen LogP contribution in [-0.4, -0.2) is 35.2 Å². The van der Waals surface area contributed by atoms with Crippen molar-refractivity contribution in [3.05, 3.63) is 17.5 Å². The Labute approximate surface area is 86.4 Å². The van der Waals surface area contributed by atoms with Gasteiger partial charge in [0.15, 0.2) is 0 Å². The maximum absolute atomic E-state index is 11.5. The number of carbonyl (C=O) groups excluding carboxylic acids is 2. The maximum atomic E-state index is 11.5. The van der Waals surface area contributed by atoms with E-state index in [1.165, 1.54) is 6.20 Å². The van der Waals surface area contributed by atoms with E-state index in [0.29, 0.717) is 24.3 Å². The summed E-state index contributed by atoms with van der Waals surface area (Å²) in [6.45, 7) is 2.38. The zero-order chi connectivity index (χ0) is 11.3. The number of nitrogens with two attached hydrogens (primary N) is 1. The second-order valence-corrected chi connectivity index (χ2v) is 2.96. The molecule has 0 saturated carbocycles. The lowest BCUT2D eigenvalue weighted by atomic mass is 10.2. The molecule has 1 aromatic heterocycles. The summed E-state index contributed by atoms with van der Waals surface area (Å²) >= 11 is 0. The molecule has 1 rings (SSSR count). The smallest absolute Gasteiger partial charge is 0.312 e. The normalized spacial score (nSPS) is 9.67. The number of aryl methyl sites for hydroxylation is 1. The zero-order valence-corrected chi connectivity index (χ0v) is 8.33. The van der Waals surface area contributed by atoms with Gasteiger partial charge in [-0.15, -0.1) is 0 Å². The Morgan fingerprint density at radius 2 is 2.13 bits per heavy atom. The minimum Gasteiger partial charge on any atom is -0.352 e. The van der Waals surface area contributed by atoms with Crippen LogP contribution in [0.1, 0.15) is 16.1 Å². The fourth-order valence-corrected chi connectivity index (χ4v) is 1.04. The summed E-state index contributed by atoms with van der Waals surface area (Å²) in [5.74, 6) is -0.229. The summed E-state index contributed by atoms with van der Waals surface area (Å²) < 4.78 is 0. The number of hydrogen-bond donors (Lipinski definition) is 4. The van der Waals surface area contributed by atoms with E-state index in [1.54, 1.807) is 6.92 Å². The average Bonchev–Trinajstić information content (AvgIpc) is 2.58. The Balaban J connectivity index is 2.31. The van der Waals surface area contributed by atoms with E-state index in [4.69, 9.17) is 5.73 Å². The molecule has 0 radical (unpaired) electrons. The monoisotopic (exact) mass is 211 g/mol. The van der Waals surface area contributed by atoms with Crippen LogP contribution in [0.5, 0.6) is 0 Å². The van der Waals surface area contributed by atoms with E-state index in [0.717, 1.165) is 0 Å². The molecule has 0 aliphatic rings. The van der Waals surface area contributed by atoms with Gasteiger partial charge in [0, 0.05) is 18.8 Å². The summed E-state index contributed by atoms with van der Waals surface area (Å²) in [5.41, 5.74) is 6.05. The van der Waals surface area contributed by atoms with E-state index in [9.17, 15) is 9.59 Å². The van der Waals surface area contributed by atoms with Gasteiger partial charge in [-0.3, -0.25) is 9.89 Å². The quantitative estimate of drug-likeness (QED) is 0.485. The highest BCUT2D eigenvalue weighted by atomic mass is 16.2. The van der Waals surface area contributed by atoms with Crippen LogP contribution in [0.2, 0.25) is 0 Å². The summed E-state index contributed by atoms with van der Waals surface area (Å²) in [5, 5.41) is 11.4. The van der Waals surface area contributed by atoms with Gasteiger partial charge in [-0.25, -0.2) is 4.79 Å². The predicted octanol–water partition coefficient (Wildman–Crippen LogP) is -0.884. The Morgan fingerprint density at radius 1 is 1.47 bits per heavy atom. The molecule has 3 amide bonds. The largest absolute Gasteiger partial charge is 0.352 e. The lowest BCUT2D eigenvalue weighted by Gasteiger charge is -2.04. The molecule has 0 spiro atoms. The maximum Gasteiger partial charge on any atom is 0.312 e. The van der Waals surface area contributed by atoms with Crippen LogP contribution in [0.25, 0.3) is 0 Å². The molecule has 5 N–H and O–H groups in total. The van der Waals surface area contributed by atoms with Crippen molar-refractivity contribution in [2.75, 3.05) is 13.1 Å². The summed E-state index contributed by atoms with van der Waals surface area (Å²) in [7, 11) is 0. The number of primary amides is 1. The van der Waals surface area contributed by atoms with E-state index in [2.05, 4.69) is 20.8 Å². The van der Waals surface area contributed by atoms with Crippen LogP contribution in [0.4, 0.5) is 4.79 Å². The van der Waals surface area contributed by atoms with E-state index >= 15 is 0 Å². The molecule has 7 heteroatoms. The van der Waals surface area contributed by atoms with E-state index < -0.39 is 6.03 Å². The number of nitrogens with zero attached hydrogens (tertiary/aromatic N) is 1. The number of amides is 3. The second kappa shape index (κ2) is 4.99. The standard InChI is InChI=1S/C8H13N5O2/c1-5-6(4-12-13-5)7(14)10-2-3-11-8(9)15/h4H,2-3H2,1H3,(H,10,14)(H,12,13)(H3,9,11,15). The third kappa shape index (κ3) is 3.29. The number of rotatable bonds is 4. The van der Waals surface area contributed by atoms with Gasteiger partial charge >= 0.3 is 6.03 Å². The Hall–Kier alpha value is -2.05. The van der Waals surface area contributed by atoms with Crippen molar-refractivity contribution >= 4 is 11.9 Å². The number of hydrogen-bond acceptors (Lipinski definition) is 3. The zero-order valence-electron chi connectivity index (χ0n) is 8.33. The number of carbonyl (C=O) groups is 2. The molecule has 0 aromatic carbocycles. The van der Waals surface area contributed by atoms with Crippen molar-refractivity contribution in [1.29, 1.82) is 0 Å². The SMILES string of the molecule is Cc1[nH]ncc1C(=O)NCCNC(N)=O. The minimum atomic E-state index is -0.608. The van der Waals surface area contributed by atoms with E-state index in [-0.39, 0.29) is 5.91 Å². The van der Waals surface area contributed by atoms with Gasteiger partial charge in [0.05, 0.1) is 11.8 Å². The molecular formula is C8H13N5O2. The first-order chi connectivity index (χ1) is 7.11. The third-order valence-electron chi connectivity index (χ3n) is 1.78. The summed E-state index contributed by atoms with van der Waals surface area (Å²) in [6.07, 6.45) is 1.45. The van der Waals surface area contributed by atoms with Crippen molar-refractivity contribution in [1.82, 2.24) is 20.8 Å². The fourth-order valence-electron chi connectivity index (χ4n) is 1.04. The molecule has 0 bridgehead atoms. The summed E-state index contributed by atoms with van der Waals surface area (Å²) in [4.78, 5) is 21.8. The van der Waals surface area contributed by atoms with Crippen molar-refractivity contribution < 1.29 is 9.59 Å². The van der Waals surface area contributed by atoms with Crippen molar-refractivity contribution in [2.24, 2.45) is 5.73 Å². The van der Waals surface area contributed by atoms with Crippen LogP contribution < -0.4 is 16.4 Å².